The van der Waals surface area contributed by atoms with Crippen LogP contribution in [0.4, 0.5) is 4.79 Å². The molecule has 0 radical (unpaired) electrons. The number of carboxylic acids is 1. The van der Waals surface area contributed by atoms with Crippen molar-refractivity contribution < 1.29 is 50.8 Å². The summed E-state index contributed by atoms with van der Waals surface area (Å²) in [4.78, 5) is 63.6. The molecule has 1 aromatic rings. The van der Waals surface area contributed by atoms with Crippen molar-refractivity contribution in [3.63, 3.8) is 0 Å². The number of likely N-dealkylation sites (tertiary alicyclic amines) is 1. The van der Waals surface area contributed by atoms with Crippen molar-refractivity contribution in [2.45, 2.75) is 63.6 Å². The molecule has 3 N–H and O–H groups in total. The summed E-state index contributed by atoms with van der Waals surface area (Å²) in [7, 11) is -0.103. The van der Waals surface area contributed by atoms with E-state index in [0.717, 1.165) is 24.8 Å². The fourth-order valence-electron chi connectivity index (χ4n) is 3.97. The topological polar surface area (TPSA) is 142 Å². The zero-order valence-electron chi connectivity index (χ0n) is 21.9. The Morgan fingerprint density at radius 2 is 1.58 bits per heavy atom. The largest absolute Gasteiger partial charge is 1.00 e. The summed E-state index contributed by atoms with van der Waals surface area (Å²) in [6.45, 7) is 1.31. The number of ketones is 1. The standard InChI is InChI=1S/C26H37N3O7S.BrH/c1-37(2)18-20(30)11-12-22(25(33)34)27-24(32)21(13-14-23(31)29-15-7-4-8-16-29)28-26(35)36-17-19-9-5-3-6-10-19;/h3,5-6,9-10,21-22H,4,7-8,11-18H2,1-2H3,(H2-,27,28,32,33,34,35);1H. The molecular weight excluding hydrogens is 578 g/mol. The first-order chi connectivity index (χ1) is 17.7. The maximum atomic E-state index is 13.0. The Bertz CT molecular complexity index is 927. The van der Waals surface area contributed by atoms with Gasteiger partial charge in [-0.25, -0.2) is 9.59 Å². The van der Waals surface area contributed by atoms with Gasteiger partial charge in [-0.1, -0.05) is 30.3 Å². The molecule has 2 atom stereocenters. The summed E-state index contributed by atoms with van der Waals surface area (Å²) < 4.78 is 5.21. The highest BCUT2D eigenvalue weighted by molar-refractivity contribution is 7.96. The summed E-state index contributed by atoms with van der Waals surface area (Å²) in [5.74, 6) is -1.85. The number of Topliss-reactive ketones (excluding diaryl/α,β-unsaturated/α-hetero) is 1. The van der Waals surface area contributed by atoms with Crippen molar-refractivity contribution in [1.82, 2.24) is 15.5 Å². The van der Waals surface area contributed by atoms with Gasteiger partial charge in [0.05, 0.1) is 12.5 Å². The molecule has 212 valence electrons. The molecule has 0 aromatic heterocycles. The van der Waals surface area contributed by atoms with Crippen LogP contribution < -0.4 is 27.6 Å². The second kappa shape index (κ2) is 17.8. The molecular formula is C26H38BrN3O7S. The number of amides is 3. The molecule has 0 aliphatic carbocycles. The molecule has 0 saturated carbocycles. The molecule has 1 aliphatic rings. The molecule has 12 heteroatoms. The maximum Gasteiger partial charge on any atom is 0.408 e. The van der Waals surface area contributed by atoms with E-state index in [1.165, 1.54) is 0 Å². The average Bonchev–Trinajstić information content (AvgIpc) is 2.87. The van der Waals surface area contributed by atoms with Gasteiger partial charge >= 0.3 is 12.1 Å². The first-order valence-corrected chi connectivity index (χ1v) is 14.7. The number of nitrogens with one attached hydrogen (secondary N) is 2. The predicted octanol–water partition coefficient (Wildman–Crippen LogP) is -1.13. The van der Waals surface area contributed by atoms with Crippen LogP contribution in [0.15, 0.2) is 30.3 Å². The molecule has 2 unspecified atom stereocenters. The number of hydrogen-bond acceptors (Lipinski definition) is 6. The third-order valence-corrected chi connectivity index (χ3v) is 6.85. The van der Waals surface area contributed by atoms with Gasteiger partial charge in [-0.3, -0.25) is 14.4 Å². The lowest BCUT2D eigenvalue weighted by Gasteiger charge is -2.27. The van der Waals surface area contributed by atoms with Gasteiger partial charge in [-0.15, -0.1) is 0 Å². The van der Waals surface area contributed by atoms with Gasteiger partial charge in [0.1, 0.15) is 18.7 Å². The highest BCUT2D eigenvalue weighted by atomic mass is 79.9. The van der Waals surface area contributed by atoms with Gasteiger partial charge in [0, 0.05) is 25.9 Å². The molecule has 10 nitrogen and oxygen atoms in total. The first kappa shape index (κ1) is 33.4. The Balaban J connectivity index is 0.00000722. The molecule has 2 rings (SSSR count). The van der Waals surface area contributed by atoms with Gasteiger partial charge in [-0.05, 0) is 48.6 Å². The quantitative estimate of drug-likeness (QED) is 0.225. The smallest absolute Gasteiger partial charge is 0.408 e. The van der Waals surface area contributed by atoms with E-state index in [0.29, 0.717) is 18.8 Å². The summed E-state index contributed by atoms with van der Waals surface area (Å²) in [5.41, 5.74) is 0.761. The lowest BCUT2D eigenvalue weighted by atomic mass is 10.1. The van der Waals surface area contributed by atoms with Crippen LogP contribution in [-0.2, 0) is 41.4 Å². The van der Waals surface area contributed by atoms with Crippen molar-refractivity contribution in [2.24, 2.45) is 0 Å². The van der Waals surface area contributed by atoms with Crippen LogP contribution in [0, 0.1) is 0 Å². The zero-order chi connectivity index (χ0) is 27.2. The lowest BCUT2D eigenvalue weighted by Crippen LogP contribution is -3.00. The number of carbonyl (C=O) groups excluding carboxylic acids is 4. The predicted molar refractivity (Wildman–Crippen MR) is 141 cm³/mol. The van der Waals surface area contributed by atoms with Crippen molar-refractivity contribution in [1.29, 1.82) is 0 Å². The number of hydrogen-bond donors (Lipinski definition) is 3. The maximum absolute atomic E-state index is 13.0. The second-order valence-corrected chi connectivity index (χ2v) is 11.6. The Labute approximate surface area is 237 Å². The molecule has 1 heterocycles. The summed E-state index contributed by atoms with van der Waals surface area (Å²) in [6, 6.07) is 6.54. The fourth-order valence-corrected chi connectivity index (χ4v) is 4.76. The summed E-state index contributed by atoms with van der Waals surface area (Å²) in [6.07, 6.45) is 5.88. The number of nitrogens with zero attached hydrogens (tertiary/aromatic N) is 1. The van der Waals surface area contributed by atoms with Gasteiger partial charge in [0.25, 0.3) is 0 Å². The van der Waals surface area contributed by atoms with E-state index in [2.05, 4.69) is 10.6 Å². The van der Waals surface area contributed by atoms with E-state index < -0.39 is 30.1 Å². The lowest BCUT2D eigenvalue weighted by molar-refractivity contribution is -0.142. The molecule has 0 bridgehead atoms. The molecule has 1 fully saturated rings. The van der Waals surface area contributed by atoms with Crippen molar-refractivity contribution in [2.75, 3.05) is 31.4 Å². The van der Waals surface area contributed by atoms with Gasteiger partial charge in [0.2, 0.25) is 11.8 Å². The minimum absolute atomic E-state index is 0. The number of rotatable bonds is 14. The number of halogens is 1. The Morgan fingerprint density at radius 1 is 0.947 bits per heavy atom. The number of aliphatic carboxylic acids is 1. The van der Waals surface area contributed by atoms with Crippen molar-refractivity contribution in [3.8, 4) is 0 Å². The van der Waals surface area contributed by atoms with Crippen LogP contribution in [0.2, 0.25) is 0 Å². The van der Waals surface area contributed by atoms with Crippen LogP contribution in [0.5, 0.6) is 0 Å². The fraction of sp³-hybridized carbons (Fsp3) is 0.577. The monoisotopic (exact) mass is 615 g/mol. The van der Waals surface area contributed by atoms with E-state index in [4.69, 9.17) is 4.74 Å². The third kappa shape index (κ3) is 12.8. The molecule has 1 aromatic carbocycles. The highest BCUT2D eigenvalue weighted by Gasteiger charge is 2.29. The molecule has 0 spiro atoms. The minimum atomic E-state index is -1.30. The SMILES string of the molecule is C[S+](C)CC(=O)CCC(NC(=O)C(CCC(=O)N1CCCCC1)NC(=O)OCc1ccccc1)C(=O)O.[Br-]. The van der Waals surface area contributed by atoms with Gasteiger partial charge in [-0.2, -0.15) is 0 Å². The minimum Gasteiger partial charge on any atom is -1.00 e. The van der Waals surface area contributed by atoms with Crippen molar-refractivity contribution >= 4 is 40.6 Å². The number of piperidine rings is 1. The first-order valence-electron chi connectivity index (χ1n) is 12.5. The van der Waals surface area contributed by atoms with Gasteiger partial charge in [0.15, 0.2) is 11.5 Å². The van der Waals surface area contributed by atoms with Crippen LogP contribution in [0.3, 0.4) is 0 Å². The van der Waals surface area contributed by atoms with Crippen LogP contribution in [0.25, 0.3) is 0 Å². The number of ether oxygens (including phenoxy) is 1. The van der Waals surface area contributed by atoms with E-state index in [1.807, 2.05) is 18.6 Å². The van der Waals surface area contributed by atoms with Crippen LogP contribution >= 0.6 is 0 Å². The molecule has 3 amide bonds. The van der Waals surface area contributed by atoms with E-state index in [9.17, 15) is 29.1 Å². The Hall–Kier alpha value is -2.60. The summed E-state index contributed by atoms with van der Waals surface area (Å²) in [5, 5.41) is 14.5. The van der Waals surface area contributed by atoms with E-state index in [-0.39, 0.29) is 71.9 Å². The molecule has 1 saturated heterocycles. The Morgan fingerprint density at radius 3 is 2.18 bits per heavy atom. The second-order valence-electron chi connectivity index (χ2n) is 9.35. The van der Waals surface area contributed by atoms with Crippen LogP contribution in [-0.4, -0.2) is 83.1 Å². The highest BCUT2D eigenvalue weighted by Crippen LogP contribution is 2.12. The molecule has 1 aliphatic heterocycles. The van der Waals surface area contributed by atoms with E-state index >= 15 is 0 Å². The average molecular weight is 617 g/mol. The number of alkyl carbamates (subject to hydrolysis) is 1. The summed E-state index contributed by atoms with van der Waals surface area (Å²) >= 11 is 0. The number of carbonyl (C=O) groups is 5. The number of benzene rings is 1. The Kier molecular flexibility index (Phi) is 15.7. The van der Waals surface area contributed by atoms with E-state index in [1.54, 1.807) is 29.2 Å². The zero-order valence-corrected chi connectivity index (χ0v) is 24.4. The normalized spacial score (nSPS) is 14.6. The number of carboxylic acid groups (broad SMARTS) is 1. The van der Waals surface area contributed by atoms with Crippen LogP contribution in [0.1, 0.15) is 50.5 Å². The van der Waals surface area contributed by atoms with Crippen molar-refractivity contribution in [3.05, 3.63) is 35.9 Å². The molecule has 38 heavy (non-hydrogen) atoms. The van der Waals surface area contributed by atoms with Gasteiger partial charge < -0.3 is 42.4 Å². The third-order valence-electron chi connectivity index (χ3n) is 5.95.